The summed E-state index contributed by atoms with van der Waals surface area (Å²) in [5.74, 6) is 1.16. The number of fused-ring (bicyclic) bond motifs is 5. The van der Waals surface area contributed by atoms with Gasteiger partial charge in [-0.2, -0.15) is 8.78 Å². The van der Waals surface area contributed by atoms with Gasteiger partial charge in [-0.15, -0.1) is 0 Å². The summed E-state index contributed by atoms with van der Waals surface area (Å²) in [4.78, 5) is 0. The molecule has 1 nitrogen and oxygen atoms in total. The third kappa shape index (κ3) is 3.05. The second-order valence-electron chi connectivity index (χ2n) is 11.6. The van der Waals surface area contributed by atoms with E-state index in [0.29, 0.717) is 30.4 Å². The molecule has 1 aromatic rings. The number of rotatable bonds is 2. The molecule has 34 heavy (non-hydrogen) atoms. The molecule has 0 aromatic heterocycles. The van der Waals surface area contributed by atoms with Gasteiger partial charge in [-0.25, -0.2) is 0 Å². The van der Waals surface area contributed by atoms with Gasteiger partial charge in [0.05, 0.1) is 6.61 Å². The molecule has 0 bridgehead atoms. The molecule has 3 fully saturated rings. The van der Waals surface area contributed by atoms with Crippen molar-refractivity contribution in [3.8, 4) is 0 Å². The molecule has 180 valence electrons. The minimum absolute atomic E-state index is 0.269. The molecule has 3 heteroatoms. The Morgan fingerprint density at radius 1 is 1.09 bits per heavy atom. The Morgan fingerprint density at radius 3 is 2.62 bits per heavy atom. The predicted molar refractivity (Wildman–Crippen MR) is 134 cm³/mol. The van der Waals surface area contributed by atoms with Gasteiger partial charge in [-0.1, -0.05) is 55.0 Å². The molecule has 1 saturated heterocycles. The van der Waals surface area contributed by atoms with Crippen molar-refractivity contribution in [3.63, 3.8) is 0 Å². The molecule has 6 rings (SSSR count). The highest BCUT2D eigenvalue weighted by Crippen LogP contribution is 2.70. The lowest BCUT2D eigenvalue weighted by atomic mass is 9.50. The quantitative estimate of drug-likeness (QED) is 0.427. The number of ether oxygens (including phenoxy) is 1. The molecular formula is C31H36F2O. The van der Waals surface area contributed by atoms with Gasteiger partial charge in [-0.05, 0) is 92.4 Å². The van der Waals surface area contributed by atoms with Gasteiger partial charge in [0.15, 0.2) is 0 Å². The van der Waals surface area contributed by atoms with Gasteiger partial charge in [0.1, 0.15) is 5.60 Å². The standard InChI is InChI=1S/C31H36F2O/c1-19(2)20-8-10-22(11-9-20)25-18-30(3)26(14-16-31(30)27(29(32)33)15-17-34-31)24-13-12-21-6-4-5-7-23(21)28(24)25/h6,8-11,24-26H,1,4-5,7,12-18H2,2-3H3/t24-,25+,26-,30-,31-/m0/s1. The largest absolute Gasteiger partial charge is 0.370 e. The van der Waals surface area contributed by atoms with Gasteiger partial charge >= 0.3 is 0 Å². The van der Waals surface area contributed by atoms with Gasteiger partial charge < -0.3 is 4.74 Å². The summed E-state index contributed by atoms with van der Waals surface area (Å²) < 4.78 is 34.9. The van der Waals surface area contributed by atoms with Crippen LogP contribution < -0.4 is 0 Å². The van der Waals surface area contributed by atoms with Gasteiger partial charge in [-0.3, -0.25) is 0 Å². The molecular weight excluding hydrogens is 426 g/mol. The van der Waals surface area contributed by atoms with Gasteiger partial charge in [0.25, 0.3) is 6.08 Å². The number of allylic oxidation sites excluding steroid dienone is 5. The van der Waals surface area contributed by atoms with Crippen molar-refractivity contribution in [2.24, 2.45) is 17.3 Å². The molecule has 1 heterocycles. The fourth-order valence-corrected chi connectivity index (χ4v) is 8.65. The van der Waals surface area contributed by atoms with Crippen LogP contribution in [0.2, 0.25) is 0 Å². The summed E-state index contributed by atoms with van der Waals surface area (Å²) >= 11 is 0. The van der Waals surface area contributed by atoms with Gasteiger partial charge in [0, 0.05) is 23.3 Å². The maximum atomic E-state index is 14.2. The maximum absolute atomic E-state index is 14.2. The lowest BCUT2D eigenvalue weighted by molar-refractivity contribution is -0.0892. The van der Waals surface area contributed by atoms with Crippen LogP contribution in [-0.2, 0) is 4.74 Å². The van der Waals surface area contributed by atoms with E-state index in [1.165, 1.54) is 30.4 Å². The van der Waals surface area contributed by atoms with E-state index in [0.717, 1.165) is 37.7 Å². The maximum Gasteiger partial charge on any atom is 0.272 e. The van der Waals surface area contributed by atoms with E-state index >= 15 is 0 Å². The molecule has 4 aliphatic carbocycles. The zero-order chi connectivity index (χ0) is 23.7. The van der Waals surface area contributed by atoms with E-state index in [1.54, 1.807) is 16.7 Å². The molecule has 1 aromatic carbocycles. The fourth-order valence-electron chi connectivity index (χ4n) is 8.65. The van der Waals surface area contributed by atoms with Crippen molar-refractivity contribution < 1.29 is 13.5 Å². The van der Waals surface area contributed by atoms with Crippen LogP contribution in [-0.4, -0.2) is 12.2 Å². The first-order valence-electron chi connectivity index (χ1n) is 13.2. The summed E-state index contributed by atoms with van der Waals surface area (Å²) in [6.45, 7) is 8.87. The minimum atomic E-state index is -1.49. The zero-order valence-corrected chi connectivity index (χ0v) is 20.6. The first-order chi connectivity index (χ1) is 16.4. The van der Waals surface area contributed by atoms with Crippen molar-refractivity contribution in [1.29, 1.82) is 0 Å². The Labute approximate surface area is 202 Å². The summed E-state index contributed by atoms with van der Waals surface area (Å²) in [7, 11) is 0. The van der Waals surface area contributed by atoms with Crippen molar-refractivity contribution >= 4 is 5.57 Å². The van der Waals surface area contributed by atoms with Crippen molar-refractivity contribution in [2.45, 2.75) is 83.2 Å². The topological polar surface area (TPSA) is 9.23 Å². The van der Waals surface area contributed by atoms with E-state index in [2.05, 4.69) is 43.8 Å². The van der Waals surface area contributed by atoms with Crippen LogP contribution in [0.4, 0.5) is 8.78 Å². The van der Waals surface area contributed by atoms with E-state index < -0.39 is 11.7 Å². The van der Waals surface area contributed by atoms with Crippen molar-refractivity contribution in [2.75, 3.05) is 6.61 Å². The molecule has 0 N–H and O–H groups in total. The first-order valence-corrected chi connectivity index (χ1v) is 13.2. The summed E-state index contributed by atoms with van der Waals surface area (Å²) in [5.41, 5.74) is 7.64. The van der Waals surface area contributed by atoms with Gasteiger partial charge in [0.2, 0.25) is 0 Å². The molecule has 0 amide bonds. The minimum Gasteiger partial charge on any atom is -0.370 e. The Bertz CT molecular complexity index is 1120. The normalized spacial score (nSPS) is 36.8. The van der Waals surface area contributed by atoms with E-state index in [9.17, 15) is 8.78 Å². The number of hydrogen-bond acceptors (Lipinski definition) is 1. The van der Waals surface area contributed by atoms with Crippen LogP contribution in [0.5, 0.6) is 0 Å². The molecule has 0 radical (unpaired) electrons. The number of hydrogen-bond donors (Lipinski definition) is 0. The van der Waals surface area contributed by atoms with Crippen molar-refractivity contribution in [3.05, 3.63) is 76.4 Å². The predicted octanol–water partition coefficient (Wildman–Crippen LogP) is 8.75. The average molecular weight is 463 g/mol. The van der Waals surface area contributed by atoms with Crippen molar-refractivity contribution in [1.82, 2.24) is 0 Å². The smallest absolute Gasteiger partial charge is 0.272 e. The lowest BCUT2D eigenvalue weighted by Crippen LogP contribution is -2.52. The van der Waals surface area contributed by atoms with Crippen LogP contribution in [0.1, 0.15) is 88.7 Å². The van der Waals surface area contributed by atoms with Crippen LogP contribution in [0.15, 0.2) is 65.3 Å². The van der Waals surface area contributed by atoms with Crippen LogP contribution in [0.3, 0.4) is 0 Å². The second-order valence-corrected chi connectivity index (χ2v) is 11.6. The summed E-state index contributed by atoms with van der Waals surface area (Å²) in [6, 6.07) is 8.92. The second kappa shape index (κ2) is 8.01. The first kappa shape index (κ1) is 22.5. The monoisotopic (exact) mass is 462 g/mol. The highest BCUT2D eigenvalue weighted by Gasteiger charge is 2.67. The highest BCUT2D eigenvalue weighted by atomic mass is 19.3. The lowest BCUT2D eigenvalue weighted by Gasteiger charge is -2.55. The van der Waals surface area contributed by atoms with Crippen LogP contribution >= 0.6 is 0 Å². The number of halogens is 2. The van der Waals surface area contributed by atoms with Crippen LogP contribution in [0, 0.1) is 17.3 Å². The summed E-state index contributed by atoms with van der Waals surface area (Å²) in [5, 5.41) is 0. The molecule has 0 unspecified atom stereocenters. The van der Waals surface area contributed by atoms with Crippen LogP contribution in [0.25, 0.3) is 5.57 Å². The van der Waals surface area contributed by atoms with E-state index in [4.69, 9.17) is 4.74 Å². The molecule has 5 aliphatic rings. The fraction of sp³-hybridized carbons (Fsp3) is 0.548. The van der Waals surface area contributed by atoms with E-state index in [-0.39, 0.29) is 11.3 Å². The Hall–Kier alpha value is -2.00. The third-order valence-corrected chi connectivity index (χ3v) is 10.1. The Kier molecular flexibility index (Phi) is 5.30. The number of benzene rings is 1. The Morgan fingerprint density at radius 2 is 1.88 bits per heavy atom. The van der Waals surface area contributed by atoms with E-state index in [1.807, 2.05) is 6.92 Å². The SMILES string of the molecule is C=C(C)c1ccc([C@H]2C[C@@]3(C)[C@@H](CC[C@@]34OCCC4=C(F)F)[C@@H]3CCC4=CCCCC4=C32)cc1. The third-order valence-electron chi connectivity index (χ3n) is 10.1. The highest BCUT2D eigenvalue weighted by molar-refractivity contribution is 5.62. The Balaban J connectivity index is 1.52. The molecule has 5 atom stereocenters. The average Bonchev–Trinajstić information content (AvgIpc) is 3.41. The zero-order valence-electron chi connectivity index (χ0n) is 20.6. The summed E-state index contributed by atoms with van der Waals surface area (Å²) in [6.07, 6.45) is 9.88. The molecule has 1 aliphatic heterocycles. The molecule has 1 spiro atoms. The molecule has 2 saturated carbocycles.